The van der Waals surface area contributed by atoms with Crippen LogP contribution >= 0.6 is 15.9 Å². The van der Waals surface area contributed by atoms with Gasteiger partial charge in [0, 0.05) is 35.5 Å². The van der Waals surface area contributed by atoms with Crippen molar-refractivity contribution in [3.8, 4) is 0 Å². The average Bonchev–Trinajstić information content (AvgIpc) is 3.38. The van der Waals surface area contributed by atoms with Gasteiger partial charge in [-0.1, -0.05) is 28.1 Å². The van der Waals surface area contributed by atoms with Crippen molar-refractivity contribution in [2.24, 2.45) is 7.05 Å². The third-order valence-corrected chi connectivity index (χ3v) is 5.21. The van der Waals surface area contributed by atoms with Gasteiger partial charge in [-0.2, -0.15) is 0 Å². The van der Waals surface area contributed by atoms with Gasteiger partial charge in [-0.05, 0) is 42.5 Å². The van der Waals surface area contributed by atoms with Crippen molar-refractivity contribution < 1.29 is 14.0 Å². The number of furan rings is 1. The molecule has 0 fully saturated rings. The van der Waals surface area contributed by atoms with Gasteiger partial charge in [0.2, 0.25) is 5.91 Å². The number of benzene rings is 1. The number of rotatable bonds is 9. The third kappa shape index (κ3) is 5.51. The Labute approximate surface area is 184 Å². The smallest absolute Gasteiger partial charge is 0.254 e. The maximum atomic E-state index is 13.2. The molecule has 1 aromatic carbocycles. The zero-order chi connectivity index (χ0) is 21.5. The van der Waals surface area contributed by atoms with Gasteiger partial charge in [0.1, 0.15) is 12.3 Å². The summed E-state index contributed by atoms with van der Waals surface area (Å²) in [6.45, 7) is 4.69. The Hall–Kier alpha value is -3.06. The van der Waals surface area contributed by atoms with Gasteiger partial charge in [-0.3, -0.25) is 9.59 Å². The van der Waals surface area contributed by atoms with Crippen LogP contribution in [0.2, 0.25) is 0 Å². The third-order valence-electron chi connectivity index (χ3n) is 4.72. The number of hydrogen-bond acceptors (Lipinski definition) is 3. The molecule has 0 N–H and O–H groups in total. The summed E-state index contributed by atoms with van der Waals surface area (Å²) in [6, 6.07) is 14.7. The highest BCUT2D eigenvalue weighted by molar-refractivity contribution is 9.10. The van der Waals surface area contributed by atoms with Crippen LogP contribution in [-0.2, 0) is 24.9 Å². The zero-order valence-corrected chi connectivity index (χ0v) is 18.4. The summed E-state index contributed by atoms with van der Waals surface area (Å²) in [5.74, 6) is 0.297. The molecule has 3 aromatic rings. The molecule has 0 atom stereocenters. The molecule has 0 bridgehead atoms. The zero-order valence-electron chi connectivity index (χ0n) is 16.8. The molecule has 156 valence electrons. The van der Waals surface area contributed by atoms with Crippen molar-refractivity contribution in [1.82, 2.24) is 14.4 Å². The summed E-state index contributed by atoms with van der Waals surface area (Å²) in [5.41, 5.74) is 1.50. The van der Waals surface area contributed by atoms with E-state index < -0.39 is 0 Å². The average molecular weight is 470 g/mol. The molecule has 0 unspecified atom stereocenters. The van der Waals surface area contributed by atoms with Crippen LogP contribution in [0.4, 0.5) is 0 Å². The fraction of sp³-hybridized carbons (Fsp3) is 0.217. The van der Waals surface area contributed by atoms with Gasteiger partial charge >= 0.3 is 0 Å². The van der Waals surface area contributed by atoms with Crippen molar-refractivity contribution in [3.05, 3.63) is 95.1 Å². The number of nitrogens with zero attached hydrogens (tertiary/aromatic N) is 3. The fourth-order valence-corrected chi connectivity index (χ4v) is 3.52. The summed E-state index contributed by atoms with van der Waals surface area (Å²) in [5, 5.41) is 0. The minimum atomic E-state index is -0.221. The van der Waals surface area contributed by atoms with E-state index in [1.807, 2.05) is 42.1 Å². The van der Waals surface area contributed by atoms with Crippen molar-refractivity contribution >= 4 is 27.7 Å². The molecule has 2 amide bonds. The Balaban J connectivity index is 1.79. The van der Waals surface area contributed by atoms with E-state index >= 15 is 0 Å². The lowest BCUT2D eigenvalue weighted by molar-refractivity contribution is -0.133. The van der Waals surface area contributed by atoms with Crippen LogP contribution in [0.15, 0.2) is 82.5 Å². The van der Waals surface area contributed by atoms with Crippen LogP contribution in [0.3, 0.4) is 0 Å². The molecule has 2 aromatic heterocycles. The Morgan fingerprint density at radius 3 is 2.60 bits per heavy atom. The van der Waals surface area contributed by atoms with E-state index in [1.165, 1.54) is 4.90 Å². The van der Waals surface area contributed by atoms with E-state index in [2.05, 4.69) is 22.5 Å². The van der Waals surface area contributed by atoms with E-state index in [0.717, 1.165) is 10.2 Å². The monoisotopic (exact) mass is 469 g/mol. The Bertz CT molecular complexity index is 1010. The first-order chi connectivity index (χ1) is 14.5. The molecule has 0 aliphatic carbocycles. The number of carbonyl (C=O) groups is 2. The summed E-state index contributed by atoms with van der Waals surface area (Å²) < 4.78 is 8.22. The Morgan fingerprint density at radius 1 is 1.13 bits per heavy atom. The second kappa shape index (κ2) is 10.1. The topological polar surface area (TPSA) is 58.7 Å². The molecular formula is C23H24BrN3O3. The van der Waals surface area contributed by atoms with Gasteiger partial charge in [0.25, 0.3) is 5.91 Å². The van der Waals surface area contributed by atoms with E-state index in [1.54, 1.807) is 41.5 Å². The molecule has 30 heavy (non-hydrogen) atoms. The molecule has 3 rings (SSSR count). The second-order valence-corrected chi connectivity index (χ2v) is 7.84. The number of hydrogen-bond donors (Lipinski definition) is 0. The number of aryl methyl sites for hydroxylation is 1. The van der Waals surface area contributed by atoms with Crippen molar-refractivity contribution in [3.63, 3.8) is 0 Å². The lowest BCUT2D eigenvalue weighted by Gasteiger charge is -2.27. The first-order valence-electron chi connectivity index (χ1n) is 9.54. The molecule has 0 radical (unpaired) electrons. The van der Waals surface area contributed by atoms with Gasteiger partial charge in [0.15, 0.2) is 0 Å². The summed E-state index contributed by atoms with van der Waals surface area (Å²) in [4.78, 5) is 29.4. The van der Waals surface area contributed by atoms with E-state index in [0.29, 0.717) is 24.4 Å². The van der Waals surface area contributed by atoms with Crippen LogP contribution in [0.25, 0.3) is 0 Å². The lowest BCUT2D eigenvalue weighted by atomic mass is 10.2. The fourth-order valence-electron chi connectivity index (χ4n) is 3.12. The summed E-state index contributed by atoms with van der Waals surface area (Å²) in [7, 11) is 1.94. The van der Waals surface area contributed by atoms with Crippen LogP contribution in [0.1, 0.15) is 21.8 Å². The molecule has 0 saturated heterocycles. The van der Waals surface area contributed by atoms with Crippen molar-refractivity contribution in [2.45, 2.75) is 13.1 Å². The molecule has 2 heterocycles. The summed E-state index contributed by atoms with van der Waals surface area (Å²) in [6.07, 6.45) is 5.14. The van der Waals surface area contributed by atoms with Crippen LogP contribution in [-0.4, -0.2) is 39.3 Å². The first kappa shape index (κ1) is 21.6. The number of carbonyl (C=O) groups excluding carboxylic acids is 2. The largest absolute Gasteiger partial charge is 0.467 e. The number of aromatic nitrogens is 1. The Morgan fingerprint density at radius 2 is 1.97 bits per heavy atom. The molecule has 7 heteroatoms. The maximum absolute atomic E-state index is 13.2. The molecule has 0 aliphatic heterocycles. The molecule has 0 spiro atoms. The van der Waals surface area contributed by atoms with Gasteiger partial charge in [0.05, 0.1) is 19.4 Å². The number of halogens is 1. The van der Waals surface area contributed by atoms with E-state index in [9.17, 15) is 9.59 Å². The molecule has 6 nitrogen and oxygen atoms in total. The molecular weight excluding hydrogens is 446 g/mol. The minimum Gasteiger partial charge on any atom is -0.467 e. The van der Waals surface area contributed by atoms with Crippen molar-refractivity contribution in [2.75, 3.05) is 13.1 Å². The molecule has 0 aliphatic rings. The second-order valence-electron chi connectivity index (χ2n) is 6.92. The van der Waals surface area contributed by atoms with Gasteiger partial charge in [-0.15, -0.1) is 6.58 Å². The van der Waals surface area contributed by atoms with Gasteiger partial charge < -0.3 is 18.8 Å². The lowest BCUT2D eigenvalue weighted by Crippen LogP contribution is -2.42. The van der Waals surface area contributed by atoms with E-state index in [4.69, 9.17) is 4.42 Å². The highest BCUT2D eigenvalue weighted by Gasteiger charge is 2.23. The van der Waals surface area contributed by atoms with Crippen LogP contribution in [0, 0.1) is 0 Å². The highest BCUT2D eigenvalue weighted by Crippen LogP contribution is 2.15. The quantitative estimate of drug-likeness (QED) is 0.440. The van der Waals surface area contributed by atoms with Crippen LogP contribution < -0.4 is 0 Å². The molecule has 0 saturated carbocycles. The maximum Gasteiger partial charge on any atom is 0.254 e. The Kier molecular flexibility index (Phi) is 7.30. The standard InChI is InChI=1S/C23H24BrN3O3/c1-3-11-26(23(29)18-7-4-8-19(24)14-18)17-22(28)27(16-21-10-6-13-30-21)15-20-9-5-12-25(20)2/h3-10,12-14H,1,11,15-17H2,2H3. The first-order valence-corrected chi connectivity index (χ1v) is 10.3. The minimum absolute atomic E-state index is 0.0531. The normalized spacial score (nSPS) is 10.6. The van der Waals surface area contributed by atoms with Crippen LogP contribution in [0.5, 0.6) is 0 Å². The summed E-state index contributed by atoms with van der Waals surface area (Å²) >= 11 is 3.39. The predicted octanol–water partition coefficient (Wildman–Crippen LogP) is 4.24. The SMILES string of the molecule is C=CCN(CC(=O)N(Cc1ccco1)Cc1cccn1C)C(=O)c1cccc(Br)c1. The predicted molar refractivity (Wildman–Crippen MR) is 119 cm³/mol. The van der Waals surface area contributed by atoms with E-state index in [-0.39, 0.29) is 24.9 Å². The van der Waals surface area contributed by atoms with Gasteiger partial charge in [-0.25, -0.2) is 0 Å². The highest BCUT2D eigenvalue weighted by atomic mass is 79.9. The number of amides is 2. The van der Waals surface area contributed by atoms with Crippen molar-refractivity contribution in [1.29, 1.82) is 0 Å².